The van der Waals surface area contributed by atoms with Crippen LogP contribution in [-0.2, 0) is 0 Å². The van der Waals surface area contributed by atoms with Gasteiger partial charge < -0.3 is 10.1 Å². The van der Waals surface area contributed by atoms with Gasteiger partial charge in [-0.25, -0.2) is 0 Å². The fourth-order valence-corrected chi connectivity index (χ4v) is 3.15. The standard InChI is InChI=1S/C14H17ClN2OS/c1-3-7-16-13(14-10(15)6-9-19-14)12-11(18-2)5-4-8-17-12/h4-6,8-9,13,16H,3,7H2,1-2H3. The second-order valence-corrected chi connectivity index (χ2v) is 5.47. The molecule has 0 radical (unpaired) electrons. The van der Waals surface area contributed by atoms with Crippen molar-refractivity contribution in [2.45, 2.75) is 19.4 Å². The van der Waals surface area contributed by atoms with E-state index in [0.717, 1.165) is 34.3 Å². The van der Waals surface area contributed by atoms with Crippen LogP contribution >= 0.6 is 22.9 Å². The van der Waals surface area contributed by atoms with E-state index in [-0.39, 0.29) is 6.04 Å². The van der Waals surface area contributed by atoms with E-state index in [1.165, 1.54) is 0 Å². The highest BCUT2D eigenvalue weighted by molar-refractivity contribution is 7.10. The molecule has 0 amide bonds. The van der Waals surface area contributed by atoms with Gasteiger partial charge in [0.25, 0.3) is 0 Å². The zero-order valence-corrected chi connectivity index (χ0v) is 12.6. The van der Waals surface area contributed by atoms with Crippen molar-refractivity contribution < 1.29 is 4.74 Å². The first-order valence-electron chi connectivity index (χ1n) is 6.23. The molecule has 1 unspecified atom stereocenters. The van der Waals surface area contributed by atoms with Crippen LogP contribution in [0.5, 0.6) is 5.75 Å². The van der Waals surface area contributed by atoms with Crippen molar-refractivity contribution in [1.29, 1.82) is 0 Å². The van der Waals surface area contributed by atoms with Crippen molar-refractivity contribution in [3.63, 3.8) is 0 Å². The molecule has 102 valence electrons. The number of methoxy groups -OCH3 is 1. The number of pyridine rings is 1. The number of nitrogens with zero attached hydrogens (tertiary/aromatic N) is 1. The van der Waals surface area contributed by atoms with E-state index < -0.39 is 0 Å². The zero-order valence-electron chi connectivity index (χ0n) is 11.0. The highest BCUT2D eigenvalue weighted by Crippen LogP contribution is 2.35. The van der Waals surface area contributed by atoms with Gasteiger partial charge in [0.1, 0.15) is 11.4 Å². The van der Waals surface area contributed by atoms with E-state index in [9.17, 15) is 0 Å². The van der Waals surface area contributed by atoms with Crippen LogP contribution in [0.2, 0.25) is 5.02 Å². The fourth-order valence-electron chi connectivity index (χ4n) is 1.91. The van der Waals surface area contributed by atoms with Gasteiger partial charge in [0, 0.05) is 11.1 Å². The number of halogens is 1. The number of hydrogen-bond donors (Lipinski definition) is 1. The third-order valence-electron chi connectivity index (χ3n) is 2.80. The summed E-state index contributed by atoms with van der Waals surface area (Å²) in [5.41, 5.74) is 0.878. The topological polar surface area (TPSA) is 34.2 Å². The lowest BCUT2D eigenvalue weighted by Crippen LogP contribution is -2.24. The van der Waals surface area contributed by atoms with Gasteiger partial charge >= 0.3 is 0 Å². The highest BCUT2D eigenvalue weighted by Gasteiger charge is 2.22. The summed E-state index contributed by atoms with van der Waals surface area (Å²) in [6.45, 7) is 3.04. The monoisotopic (exact) mass is 296 g/mol. The first-order valence-corrected chi connectivity index (χ1v) is 7.48. The Morgan fingerprint density at radius 3 is 2.95 bits per heavy atom. The Hall–Kier alpha value is -1.10. The maximum Gasteiger partial charge on any atom is 0.142 e. The molecular formula is C14H17ClN2OS. The molecule has 0 aliphatic heterocycles. The molecular weight excluding hydrogens is 280 g/mol. The van der Waals surface area contributed by atoms with Gasteiger partial charge in [0.2, 0.25) is 0 Å². The van der Waals surface area contributed by atoms with Gasteiger partial charge in [0.15, 0.2) is 0 Å². The summed E-state index contributed by atoms with van der Waals surface area (Å²) in [4.78, 5) is 5.54. The van der Waals surface area contributed by atoms with Crippen LogP contribution in [0.4, 0.5) is 0 Å². The molecule has 2 rings (SSSR count). The SMILES string of the molecule is CCCNC(c1ncccc1OC)c1sccc1Cl. The van der Waals surface area contributed by atoms with Gasteiger partial charge in [-0.2, -0.15) is 0 Å². The molecule has 5 heteroatoms. The van der Waals surface area contributed by atoms with Crippen molar-refractivity contribution >= 4 is 22.9 Å². The van der Waals surface area contributed by atoms with E-state index in [4.69, 9.17) is 16.3 Å². The lowest BCUT2D eigenvalue weighted by Gasteiger charge is -2.19. The van der Waals surface area contributed by atoms with Crippen molar-refractivity contribution in [3.05, 3.63) is 45.4 Å². The smallest absolute Gasteiger partial charge is 0.142 e. The van der Waals surface area contributed by atoms with Crippen LogP contribution in [0.3, 0.4) is 0 Å². The summed E-state index contributed by atoms with van der Waals surface area (Å²) in [5, 5.41) is 6.25. The summed E-state index contributed by atoms with van der Waals surface area (Å²) >= 11 is 7.89. The number of aromatic nitrogens is 1. The van der Waals surface area contributed by atoms with E-state index in [2.05, 4.69) is 17.2 Å². The van der Waals surface area contributed by atoms with Crippen molar-refractivity contribution in [2.24, 2.45) is 0 Å². The van der Waals surface area contributed by atoms with Gasteiger partial charge in [-0.05, 0) is 36.5 Å². The van der Waals surface area contributed by atoms with Gasteiger partial charge in [-0.15, -0.1) is 11.3 Å². The number of rotatable bonds is 6. The molecule has 0 saturated carbocycles. The Bertz CT molecular complexity index is 530. The molecule has 0 aliphatic carbocycles. The predicted octanol–water partition coefficient (Wildman–Crippen LogP) is 3.89. The zero-order chi connectivity index (χ0) is 13.7. The van der Waals surface area contributed by atoms with Crippen molar-refractivity contribution in [2.75, 3.05) is 13.7 Å². The second kappa shape index (κ2) is 6.89. The van der Waals surface area contributed by atoms with Crippen LogP contribution in [0, 0.1) is 0 Å². The summed E-state index contributed by atoms with van der Waals surface area (Å²) < 4.78 is 5.40. The predicted molar refractivity (Wildman–Crippen MR) is 80.3 cm³/mol. The largest absolute Gasteiger partial charge is 0.495 e. The summed E-state index contributed by atoms with van der Waals surface area (Å²) in [5.74, 6) is 0.778. The van der Waals surface area contributed by atoms with Gasteiger partial charge in [-0.1, -0.05) is 18.5 Å². The average molecular weight is 297 g/mol. The molecule has 0 spiro atoms. The van der Waals surface area contributed by atoms with E-state index in [1.807, 2.05) is 23.6 Å². The highest BCUT2D eigenvalue weighted by atomic mass is 35.5. The number of thiophene rings is 1. The molecule has 0 fully saturated rings. The lowest BCUT2D eigenvalue weighted by atomic mass is 10.1. The van der Waals surface area contributed by atoms with Crippen LogP contribution < -0.4 is 10.1 Å². The number of nitrogens with one attached hydrogen (secondary N) is 1. The Kier molecular flexibility index (Phi) is 5.19. The molecule has 0 aliphatic rings. The molecule has 2 heterocycles. The first kappa shape index (κ1) is 14.3. The third-order valence-corrected chi connectivity index (χ3v) is 4.22. The van der Waals surface area contributed by atoms with E-state index in [0.29, 0.717) is 0 Å². The van der Waals surface area contributed by atoms with Crippen LogP contribution in [0.1, 0.15) is 30.0 Å². The van der Waals surface area contributed by atoms with E-state index in [1.54, 1.807) is 24.6 Å². The minimum absolute atomic E-state index is 0.0244. The Morgan fingerprint density at radius 1 is 1.47 bits per heavy atom. The van der Waals surface area contributed by atoms with Crippen LogP contribution in [0.15, 0.2) is 29.8 Å². The number of hydrogen-bond acceptors (Lipinski definition) is 4. The molecule has 1 N–H and O–H groups in total. The molecule has 2 aromatic rings. The van der Waals surface area contributed by atoms with Crippen LogP contribution in [-0.4, -0.2) is 18.6 Å². The normalized spacial score (nSPS) is 12.4. The maximum absolute atomic E-state index is 6.26. The molecule has 0 saturated heterocycles. The first-order chi connectivity index (χ1) is 9.27. The maximum atomic E-state index is 6.26. The average Bonchev–Trinajstić information content (AvgIpc) is 2.86. The van der Waals surface area contributed by atoms with Crippen LogP contribution in [0.25, 0.3) is 0 Å². The molecule has 0 aromatic carbocycles. The molecule has 1 atom stereocenters. The summed E-state index contributed by atoms with van der Waals surface area (Å²) in [6, 6.07) is 5.68. The quantitative estimate of drug-likeness (QED) is 0.878. The lowest BCUT2D eigenvalue weighted by molar-refractivity contribution is 0.400. The molecule has 0 bridgehead atoms. The molecule has 19 heavy (non-hydrogen) atoms. The van der Waals surface area contributed by atoms with Gasteiger partial charge in [-0.3, -0.25) is 4.98 Å². The van der Waals surface area contributed by atoms with Crippen molar-refractivity contribution in [1.82, 2.24) is 10.3 Å². The summed E-state index contributed by atoms with van der Waals surface area (Å²) in [7, 11) is 1.66. The molecule has 2 aromatic heterocycles. The van der Waals surface area contributed by atoms with Crippen molar-refractivity contribution in [3.8, 4) is 5.75 Å². The fraction of sp³-hybridized carbons (Fsp3) is 0.357. The Morgan fingerprint density at radius 2 is 2.32 bits per heavy atom. The minimum Gasteiger partial charge on any atom is -0.495 e. The van der Waals surface area contributed by atoms with Gasteiger partial charge in [0.05, 0.1) is 18.2 Å². The summed E-state index contributed by atoms with van der Waals surface area (Å²) in [6.07, 6.45) is 2.83. The Balaban J connectivity index is 2.40. The third kappa shape index (κ3) is 3.26. The Labute approximate surface area is 122 Å². The number of ether oxygens (including phenoxy) is 1. The van der Waals surface area contributed by atoms with E-state index >= 15 is 0 Å². The second-order valence-electron chi connectivity index (χ2n) is 4.11. The molecule has 3 nitrogen and oxygen atoms in total. The minimum atomic E-state index is -0.0244.